The largest absolute Gasteiger partial charge is 0.310 e. The molecule has 1 N–H and O–H groups in total. The standard InChI is InChI=1S/C13H18INO2S/c1-10(12-2-4-13(14)5-3-12)15-8-11-6-7-18(16,17)9-11/h2-5,10-11,15H,6-9H2,1H3. The Morgan fingerprint density at radius 2 is 2.06 bits per heavy atom. The third-order valence-electron chi connectivity index (χ3n) is 3.41. The molecule has 0 bridgehead atoms. The van der Waals surface area contributed by atoms with Crippen molar-refractivity contribution in [3.63, 3.8) is 0 Å². The SMILES string of the molecule is CC(NCC1CCS(=O)(=O)C1)c1ccc(I)cc1. The molecule has 3 nitrogen and oxygen atoms in total. The summed E-state index contributed by atoms with van der Waals surface area (Å²) >= 11 is 2.29. The van der Waals surface area contributed by atoms with Gasteiger partial charge in [0, 0.05) is 9.61 Å². The predicted octanol–water partition coefficient (Wildman–Crippen LogP) is 2.38. The van der Waals surface area contributed by atoms with Crippen LogP contribution in [0.25, 0.3) is 0 Å². The van der Waals surface area contributed by atoms with Gasteiger partial charge in [-0.05, 0) is 66.1 Å². The molecule has 0 amide bonds. The zero-order chi connectivity index (χ0) is 13.2. The van der Waals surface area contributed by atoms with E-state index in [1.807, 2.05) is 0 Å². The van der Waals surface area contributed by atoms with Gasteiger partial charge in [-0.15, -0.1) is 0 Å². The van der Waals surface area contributed by atoms with Crippen molar-refractivity contribution in [3.8, 4) is 0 Å². The highest BCUT2D eigenvalue weighted by molar-refractivity contribution is 14.1. The van der Waals surface area contributed by atoms with Gasteiger partial charge in [-0.2, -0.15) is 0 Å². The maximum atomic E-state index is 11.4. The molecule has 5 heteroatoms. The molecule has 1 aromatic rings. The van der Waals surface area contributed by atoms with Crippen molar-refractivity contribution in [2.45, 2.75) is 19.4 Å². The van der Waals surface area contributed by atoms with E-state index in [0.29, 0.717) is 11.5 Å². The van der Waals surface area contributed by atoms with Crippen molar-refractivity contribution in [3.05, 3.63) is 33.4 Å². The summed E-state index contributed by atoms with van der Waals surface area (Å²) in [4.78, 5) is 0. The van der Waals surface area contributed by atoms with Crippen LogP contribution in [0.1, 0.15) is 24.9 Å². The number of rotatable bonds is 4. The van der Waals surface area contributed by atoms with Gasteiger partial charge in [-0.3, -0.25) is 0 Å². The Hall–Kier alpha value is -0.140. The Balaban J connectivity index is 1.85. The summed E-state index contributed by atoms with van der Waals surface area (Å²) in [7, 11) is -2.75. The molecule has 0 saturated carbocycles. The first-order valence-electron chi connectivity index (χ1n) is 6.15. The molecule has 2 atom stereocenters. The molecule has 1 saturated heterocycles. The van der Waals surface area contributed by atoms with Crippen LogP contribution in [0.2, 0.25) is 0 Å². The van der Waals surface area contributed by atoms with Gasteiger partial charge < -0.3 is 5.32 Å². The second-order valence-electron chi connectivity index (χ2n) is 4.95. The Morgan fingerprint density at radius 1 is 1.39 bits per heavy atom. The molecule has 2 rings (SSSR count). The molecule has 0 aliphatic carbocycles. The second kappa shape index (κ2) is 5.88. The maximum Gasteiger partial charge on any atom is 0.150 e. The molecule has 0 aromatic heterocycles. The summed E-state index contributed by atoms with van der Waals surface area (Å²) < 4.78 is 24.0. The Labute approximate surface area is 122 Å². The van der Waals surface area contributed by atoms with E-state index in [2.05, 4.69) is 59.1 Å². The summed E-state index contributed by atoms with van der Waals surface area (Å²) in [6.07, 6.45) is 0.800. The van der Waals surface area contributed by atoms with Crippen LogP contribution >= 0.6 is 22.6 Å². The minimum atomic E-state index is -2.75. The van der Waals surface area contributed by atoms with Gasteiger partial charge in [0.25, 0.3) is 0 Å². The van der Waals surface area contributed by atoms with Gasteiger partial charge in [-0.1, -0.05) is 12.1 Å². The number of benzene rings is 1. The molecular formula is C13H18INO2S. The van der Waals surface area contributed by atoms with Crippen molar-refractivity contribution < 1.29 is 8.42 Å². The van der Waals surface area contributed by atoms with E-state index < -0.39 is 9.84 Å². The summed E-state index contributed by atoms with van der Waals surface area (Å²) in [5, 5.41) is 3.43. The van der Waals surface area contributed by atoms with Crippen molar-refractivity contribution in [2.75, 3.05) is 18.1 Å². The minimum Gasteiger partial charge on any atom is -0.310 e. The molecule has 2 unspecified atom stereocenters. The van der Waals surface area contributed by atoms with E-state index >= 15 is 0 Å². The minimum absolute atomic E-state index is 0.269. The molecule has 1 heterocycles. The molecular weight excluding hydrogens is 361 g/mol. The van der Waals surface area contributed by atoms with Crippen molar-refractivity contribution in [2.24, 2.45) is 5.92 Å². The van der Waals surface area contributed by atoms with Crippen LogP contribution < -0.4 is 5.32 Å². The fraction of sp³-hybridized carbons (Fsp3) is 0.538. The van der Waals surface area contributed by atoms with Crippen LogP contribution in [0.15, 0.2) is 24.3 Å². The summed E-state index contributed by atoms with van der Waals surface area (Å²) in [6.45, 7) is 2.90. The molecule has 1 aliphatic heterocycles. The average Bonchev–Trinajstić information content (AvgIpc) is 2.67. The monoisotopic (exact) mass is 379 g/mol. The lowest BCUT2D eigenvalue weighted by atomic mass is 10.1. The summed E-state index contributed by atoms with van der Waals surface area (Å²) in [5.41, 5.74) is 1.25. The quantitative estimate of drug-likeness (QED) is 0.818. The molecule has 0 spiro atoms. The van der Waals surface area contributed by atoms with E-state index in [9.17, 15) is 8.42 Å². The Bertz CT molecular complexity index is 498. The molecule has 1 aliphatic rings. The van der Waals surface area contributed by atoms with Gasteiger partial charge in [0.1, 0.15) is 0 Å². The van der Waals surface area contributed by atoms with Gasteiger partial charge in [0.05, 0.1) is 11.5 Å². The van der Waals surface area contributed by atoms with E-state index in [-0.39, 0.29) is 12.0 Å². The van der Waals surface area contributed by atoms with Crippen molar-refractivity contribution in [1.29, 1.82) is 0 Å². The van der Waals surface area contributed by atoms with E-state index in [1.165, 1.54) is 9.13 Å². The topological polar surface area (TPSA) is 46.2 Å². The number of halogens is 1. The molecule has 18 heavy (non-hydrogen) atoms. The third kappa shape index (κ3) is 3.93. The fourth-order valence-electron chi connectivity index (χ4n) is 2.25. The number of nitrogens with one attached hydrogen (secondary N) is 1. The average molecular weight is 379 g/mol. The van der Waals surface area contributed by atoms with Crippen LogP contribution in [-0.2, 0) is 9.84 Å². The van der Waals surface area contributed by atoms with Crippen molar-refractivity contribution in [1.82, 2.24) is 5.32 Å². The van der Waals surface area contributed by atoms with Crippen LogP contribution in [-0.4, -0.2) is 26.5 Å². The lowest BCUT2D eigenvalue weighted by Crippen LogP contribution is -2.26. The van der Waals surface area contributed by atoms with Crippen LogP contribution in [0.4, 0.5) is 0 Å². The van der Waals surface area contributed by atoms with Gasteiger partial charge in [0.2, 0.25) is 0 Å². The first kappa shape index (κ1) is 14.3. The normalized spacial score (nSPS) is 24.0. The van der Waals surface area contributed by atoms with Crippen LogP contribution in [0, 0.1) is 9.49 Å². The lowest BCUT2D eigenvalue weighted by Gasteiger charge is -2.17. The van der Waals surface area contributed by atoms with Crippen LogP contribution in [0.3, 0.4) is 0 Å². The molecule has 0 radical (unpaired) electrons. The summed E-state index contributed by atoms with van der Waals surface area (Å²) in [5.74, 6) is 0.984. The predicted molar refractivity (Wildman–Crippen MR) is 82.3 cm³/mol. The fourth-order valence-corrected chi connectivity index (χ4v) is 4.47. The van der Waals surface area contributed by atoms with Gasteiger partial charge in [0.15, 0.2) is 9.84 Å². The smallest absolute Gasteiger partial charge is 0.150 e. The van der Waals surface area contributed by atoms with Crippen molar-refractivity contribution >= 4 is 32.4 Å². The number of hydrogen-bond acceptors (Lipinski definition) is 3. The molecule has 1 aromatic carbocycles. The highest BCUT2D eigenvalue weighted by atomic mass is 127. The third-order valence-corrected chi connectivity index (χ3v) is 5.97. The van der Waals surface area contributed by atoms with E-state index in [1.54, 1.807) is 0 Å². The first-order chi connectivity index (χ1) is 8.46. The second-order valence-corrected chi connectivity index (χ2v) is 8.42. The Morgan fingerprint density at radius 3 is 2.61 bits per heavy atom. The van der Waals surface area contributed by atoms with Crippen LogP contribution in [0.5, 0.6) is 0 Å². The van der Waals surface area contributed by atoms with Gasteiger partial charge in [-0.25, -0.2) is 8.42 Å². The summed E-state index contributed by atoms with van der Waals surface area (Å²) in [6, 6.07) is 8.68. The van der Waals surface area contributed by atoms with E-state index in [0.717, 1.165) is 13.0 Å². The van der Waals surface area contributed by atoms with Gasteiger partial charge >= 0.3 is 0 Å². The maximum absolute atomic E-state index is 11.4. The molecule has 100 valence electrons. The van der Waals surface area contributed by atoms with E-state index in [4.69, 9.17) is 0 Å². The zero-order valence-electron chi connectivity index (χ0n) is 10.4. The Kier molecular flexibility index (Phi) is 4.66. The first-order valence-corrected chi connectivity index (χ1v) is 9.05. The number of hydrogen-bond donors (Lipinski definition) is 1. The lowest BCUT2D eigenvalue weighted by molar-refractivity contribution is 0.476. The zero-order valence-corrected chi connectivity index (χ0v) is 13.4. The molecule has 1 fully saturated rings. The highest BCUT2D eigenvalue weighted by Crippen LogP contribution is 2.19. The number of sulfone groups is 1. The highest BCUT2D eigenvalue weighted by Gasteiger charge is 2.27.